The number of anilines is 1. The Morgan fingerprint density at radius 1 is 1.23 bits per heavy atom. The maximum atomic E-state index is 12.7. The molecule has 30 heavy (non-hydrogen) atoms. The van der Waals surface area contributed by atoms with Crippen molar-refractivity contribution in [1.29, 1.82) is 0 Å². The largest absolute Gasteiger partial charge is 0.383 e. The van der Waals surface area contributed by atoms with Gasteiger partial charge in [-0.25, -0.2) is 9.97 Å². The molecule has 0 bridgehead atoms. The maximum absolute atomic E-state index is 12.7. The number of nitrogens with one attached hydrogen (secondary N) is 1. The van der Waals surface area contributed by atoms with Gasteiger partial charge >= 0.3 is 0 Å². The fourth-order valence-corrected chi connectivity index (χ4v) is 3.56. The van der Waals surface area contributed by atoms with Gasteiger partial charge in [0.15, 0.2) is 0 Å². The molecular weight excluding hydrogens is 402 g/mol. The number of rotatable bonds is 9. The van der Waals surface area contributed by atoms with Gasteiger partial charge in [0, 0.05) is 41.4 Å². The lowest BCUT2D eigenvalue weighted by molar-refractivity contribution is -0.119. The third-order valence-corrected chi connectivity index (χ3v) is 5.44. The lowest BCUT2D eigenvalue weighted by Crippen LogP contribution is -2.24. The van der Waals surface area contributed by atoms with Crippen LogP contribution >= 0.6 is 11.8 Å². The van der Waals surface area contributed by atoms with Crippen molar-refractivity contribution in [1.82, 2.24) is 20.2 Å². The highest BCUT2D eigenvalue weighted by molar-refractivity contribution is 8.17. The van der Waals surface area contributed by atoms with Gasteiger partial charge in [-0.3, -0.25) is 14.4 Å². The first kappa shape index (κ1) is 23.1. The number of nitrogens with zero attached hydrogens (tertiary/aromatic N) is 3. The molecule has 0 spiro atoms. The first-order valence-corrected chi connectivity index (χ1v) is 10.1. The van der Waals surface area contributed by atoms with Crippen molar-refractivity contribution in [2.45, 2.75) is 33.7 Å². The zero-order valence-electron chi connectivity index (χ0n) is 17.2. The Hall–Kier alpha value is -3.20. The SMILES string of the molecule is CC(=O)NCC/C(SC(=O)c1ccccc1)=C(\C)N(C=O)Cc1cnc(C)nc1N. The third-order valence-electron chi connectivity index (χ3n) is 4.27. The molecule has 0 aliphatic carbocycles. The fraction of sp³-hybridized carbons (Fsp3) is 0.286. The molecular formula is C21H25N5O3S. The third kappa shape index (κ3) is 6.70. The number of nitrogens with two attached hydrogens (primary N) is 1. The molecule has 0 aliphatic rings. The number of benzene rings is 1. The zero-order chi connectivity index (χ0) is 22.1. The second-order valence-electron chi connectivity index (χ2n) is 6.56. The van der Waals surface area contributed by atoms with E-state index in [0.29, 0.717) is 52.7 Å². The van der Waals surface area contributed by atoms with Crippen LogP contribution in [0.2, 0.25) is 0 Å². The summed E-state index contributed by atoms with van der Waals surface area (Å²) in [5.41, 5.74) is 7.72. The molecule has 3 N–H and O–H groups in total. The highest BCUT2D eigenvalue weighted by atomic mass is 32.2. The molecule has 1 aromatic heterocycles. The summed E-state index contributed by atoms with van der Waals surface area (Å²) in [6, 6.07) is 8.89. The molecule has 1 aromatic carbocycles. The summed E-state index contributed by atoms with van der Waals surface area (Å²) < 4.78 is 0. The average Bonchev–Trinajstić information content (AvgIpc) is 2.72. The lowest BCUT2D eigenvalue weighted by atomic mass is 10.2. The number of carbonyl (C=O) groups is 3. The van der Waals surface area contributed by atoms with Crippen LogP contribution in [0, 0.1) is 6.92 Å². The summed E-state index contributed by atoms with van der Waals surface area (Å²) in [5.74, 6) is 0.680. The molecule has 0 radical (unpaired) electrons. The van der Waals surface area contributed by atoms with E-state index >= 15 is 0 Å². The molecule has 0 fully saturated rings. The van der Waals surface area contributed by atoms with Gasteiger partial charge in [-0.2, -0.15) is 0 Å². The minimum atomic E-state index is -0.164. The average molecular weight is 428 g/mol. The van der Waals surface area contributed by atoms with Crippen molar-refractivity contribution in [2.75, 3.05) is 12.3 Å². The molecule has 2 aromatic rings. The number of aryl methyl sites for hydroxylation is 1. The molecule has 0 aliphatic heterocycles. The monoisotopic (exact) mass is 427 g/mol. The predicted octanol–water partition coefficient (Wildman–Crippen LogP) is 2.66. The highest BCUT2D eigenvalue weighted by Crippen LogP contribution is 2.29. The van der Waals surface area contributed by atoms with E-state index in [9.17, 15) is 14.4 Å². The van der Waals surface area contributed by atoms with Crippen LogP contribution in [0.15, 0.2) is 47.1 Å². The van der Waals surface area contributed by atoms with E-state index in [2.05, 4.69) is 15.3 Å². The van der Waals surface area contributed by atoms with Crippen LogP contribution in [0.4, 0.5) is 5.82 Å². The van der Waals surface area contributed by atoms with Crippen LogP contribution in [-0.4, -0.2) is 38.8 Å². The second-order valence-corrected chi connectivity index (χ2v) is 7.63. The number of carbonyl (C=O) groups excluding carboxylic acids is 3. The summed E-state index contributed by atoms with van der Waals surface area (Å²) in [5, 5.41) is 2.58. The van der Waals surface area contributed by atoms with E-state index in [0.717, 1.165) is 11.8 Å². The summed E-state index contributed by atoms with van der Waals surface area (Å²) >= 11 is 1.04. The standard InChI is InChI=1S/C21H25N5O3S/c1-14(26(13-27)12-18-11-24-15(2)25-20(18)22)19(9-10-23-16(3)28)30-21(29)17-7-5-4-6-8-17/h4-8,11,13H,9-10,12H2,1-3H3,(H,23,28)(H2,22,24,25)/b19-14-. The minimum absolute atomic E-state index is 0.142. The van der Waals surface area contributed by atoms with Crippen molar-refractivity contribution >= 4 is 35.0 Å². The Kier molecular flexibility index (Phi) is 8.54. The number of hydrogen-bond donors (Lipinski definition) is 2. The number of hydrogen-bond acceptors (Lipinski definition) is 7. The van der Waals surface area contributed by atoms with E-state index < -0.39 is 0 Å². The molecule has 2 amide bonds. The summed E-state index contributed by atoms with van der Waals surface area (Å²) in [6.07, 6.45) is 2.67. The Bertz CT molecular complexity index is 947. The number of aromatic nitrogens is 2. The Balaban J connectivity index is 2.29. The molecule has 0 saturated heterocycles. The smallest absolute Gasteiger partial charge is 0.223 e. The van der Waals surface area contributed by atoms with E-state index in [4.69, 9.17) is 5.73 Å². The number of amides is 2. The van der Waals surface area contributed by atoms with Gasteiger partial charge in [0.2, 0.25) is 17.4 Å². The van der Waals surface area contributed by atoms with E-state index in [1.54, 1.807) is 44.3 Å². The first-order valence-electron chi connectivity index (χ1n) is 9.33. The van der Waals surface area contributed by atoms with Gasteiger partial charge < -0.3 is 16.0 Å². The van der Waals surface area contributed by atoms with E-state index in [1.807, 2.05) is 6.07 Å². The van der Waals surface area contributed by atoms with Crippen molar-refractivity contribution in [3.63, 3.8) is 0 Å². The Morgan fingerprint density at radius 2 is 1.93 bits per heavy atom. The number of thioether (sulfide) groups is 1. The van der Waals surface area contributed by atoms with E-state index in [1.165, 1.54) is 11.8 Å². The van der Waals surface area contributed by atoms with Gasteiger partial charge in [-0.1, -0.05) is 30.3 Å². The van der Waals surface area contributed by atoms with Gasteiger partial charge in [0.1, 0.15) is 11.6 Å². The number of allylic oxidation sites excluding steroid dienone is 1. The molecule has 2 rings (SSSR count). The summed E-state index contributed by atoms with van der Waals surface area (Å²) in [6.45, 7) is 5.43. The normalized spacial score (nSPS) is 11.4. The molecule has 158 valence electrons. The van der Waals surface area contributed by atoms with Gasteiger partial charge in [0.25, 0.3) is 0 Å². The molecule has 8 nitrogen and oxygen atoms in total. The van der Waals surface area contributed by atoms with Crippen molar-refractivity contribution < 1.29 is 14.4 Å². The van der Waals surface area contributed by atoms with Crippen LogP contribution < -0.4 is 11.1 Å². The number of nitrogen functional groups attached to an aromatic ring is 1. The molecule has 0 saturated carbocycles. The van der Waals surface area contributed by atoms with Crippen molar-refractivity contribution in [3.05, 3.63) is 64.1 Å². The van der Waals surface area contributed by atoms with Crippen LogP contribution in [0.25, 0.3) is 0 Å². The summed E-state index contributed by atoms with van der Waals surface area (Å²) in [7, 11) is 0. The quantitative estimate of drug-likeness (QED) is 0.591. The second kappa shape index (κ2) is 11.1. The lowest BCUT2D eigenvalue weighted by Gasteiger charge is -2.22. The zero-order valence-corrected chi connectivity index (χ0v) is 18.0. The molecule has 0 atom stereocenters. The van der Waals surface area contributed by atoms with Gasteiger partial charge in [-0.05, 0) is 32.0 Å². The minimum Gasteiger partial charge on any atom is -0.383 e. The van der Waals surface area contributed by atoms with Crippen LogP contribution in [0.5, 0.6) is 0 Å². The van der Waals surface area contributed by atoms with Crippen molar-refractivity contribution in [2.24, 2.45) is 0 Å². The Labute approximate surface area is 180 Å². The Morgan fingerprint density at radius 3 is 2.53 bits per heavy atom. The van der Waals surface area contributed by atoms with Crippen LogP contribution in [0.1, 0.15) is 42.0 Å². The molecule has 1 heterocycles. The summed E-state index contributed by atoms with van der Waals surface area (Å²) in [4.78, 5) is 46.2. The van der Waals surface area contributed by atoms with Crippen molar-refractivity contribution in [3.8, 4) is 0 Å². The maximum Gasteiger partial charge on any atom is 0.223 e. The highest BCUT2D eigenvalue weighted by Gasteiger charge is 2.17. The molecule has 9 heteroatoms. The fourth-order valence-electron chi connectivity index (χ4n) is 2.62. The van der Waals surface area contributed by atoms with Crippen LogP contribution in [0.3, 0.4) is 0 Å². The van der Waals surface area contributed by atoms with Gasteiger partial charge in [-0.15, -0.1) is 0 Å². The molecule has 0 unspecified atom stereocenters. The topological polar surface area (TPSA) is 118 Å². The van der Waals surface area contributed by atoms with E-state index in [-0.39, 0.29) is 17.6 Å². The van der Waals surface area contributed by atoms with Gasteiger partial charge in [0.05, 0.1) is 6.54 Å². The predicted molar refractivity (Wildman–Crippen MR) is 117 cm³/mol. The van der Waals surface area contributed by atoms with Crippen LogP contribution in [-0.2, 0) is 16.1 Å². The first-order chi connectivity index (χ1) is 14.3.